The molecule has 0 saturated carbocycles. The number of carbonyl (C=O) groups excluding carboxylic acids is 2. The molecular formula is C28H29NO3. The molecule has 1 aliphatic rings. The molecule has 4 heteroatoms. The molecule has 0 radical (unpaired) electrons. The van der Waals surface area contributed by atoms with Crippen LogP contribution in [-0.2, 0) is 20.9 Å². The van der Waals surface area contributed by atoms with Gasteiger partial charge in [-0.15, -0.1) is 0 Å². The zero-order valence-corrected chi connectivity index (χ0v) is 18.2. The van der Waals surface area contributed by atoms with Crippen molar-refractivity contribution in [1.29, 1.82) is 0 Å². The number of ether oxygens (including phenoxy) is 1. The number of benzene rings is 3. The summed E-state index contributed by atoms with van der Waals surface area (Å²) in [6.45, 7) is 1.04. The molecule has 32 heavy (non-hydrogen) atoms. The normalized spacial score (nSPS) is 16.6. The van der Waals surface area contributed by atoms with Crippen LogP contribution in [-0.4, -0.2) is 24.3 Å². The third-order valence-corrected chi connectivity index (χ3v) is 6.12. The summed E-state index contributed by atoms with van der Waals surface area (Å²) in [5.74, 6) is -1.11. The van der Waals surface area contributed by atoms with E-state index in [4.69, 9.17) is 4.74 Å². The molecule has 164 valence electrons. The molecule has 2 atom stereocenters. The zero-order chi connectivity index (χ0) is 22.2. The highest BCUT2D eigenvalue weighted by atomic mass is 16.5. The fourth-order valence-electron chi connectivity index (χ4n) is 4.47. The molecule has 0 aromatic heterocycles. The first-order valence-electron chi connectivity index (χ1n) is 11.3. The first kappa shape index (κ1) is 22.0. The lowest BCUT2D eigenvalue weighted by Crippen LogP contribution is -2.36. The van der Waals surface area contributed by atoms with Crippen LogP contribution in [0.25, 0.3) is 0 Å². The molecule has 3 aromatic rings. The molecule has 1 fully saturated rings. The molecule has 0 spiro atoms. The van der Waals surface area contributed by atoms with Crippen molar-refractivity contribution in [2.24, 2.45) is 5.92 Å². The molecule has 0 bridgehead atoms. The Kier molecular flexibility index (Phi) is 7.47. The molecule has 1 heterocycles. The van der Waals surface area contributed by atoms with Gasteiger partial charge in [0.2, 0.25) is 0 Å². The maximum Gasteiger partial charge on any atom is 0.310 e. The van der Waals surface area contributed by atoms with E-state index in [0.717, 1.165) is 36.1 Å². The second-order valence-corrected chi connectivity index (χ2v) is 8.32. The number of ketones is 1. The van der Waals surface area contributed by atoms with Gasteiger partial charge in [0, 0.05) is 12.3 Å². The molecular weight excluding hydrogens is 398 g/mol. The van der Waals surface area contributed by atoms with Crippen LogP contribution in [0.15, 0.2) is 91.0 Å². The van der Waals surface area contributed by atoms with E-state index >= 15 is 0 Å². The molecule has 0 unspecified atom stereocenters. The summed E-state index contributed by atoms with van der Waals surface area (Å²) in [4.78, 5) is 26.6. The van der Waals surface area contributed by atoms with Crippen LogP contribution in [0.1, 0.15) is 41.9 Å². The minimum absolute atomic E-state index is 0.0843. The van der Waals surface area contributed by atoms with Crippen LogP contribution in [0.4, 0.5) is 0 Å². The fourth-order valence-corrected chi connectivity index (χ4v) is 4.47. The summed E-state index contributed by atoms with van der Waals surface area (Å²) in [5, 5.41) is 3.28. The van der Waals surface area contributed by atoms with Crippen molar-refractivity contribution in [1.82, 2.24) is 5.32 Å². The van der Waals surface area contributed by atoms with Gasteiger partial charge in [0.15, 0.2) is 5.78 Å². The molecule has 1 saturated heterocycles. The molecule has 0 aliphatic carbocycles. The van der Waals surface area contributed by atoms with Crippen molar-refractivity contribution in [2.75, 3.05) is 6.54 Å². The van der Waals surface area contributed by atoms with Gasteiger partial charge in [0.25, 0.3) is 0 Å². The van der Waals surface area contributed by atoms with Crippen LogP contribution >= 0.6 is 0 Å². The van der Waals surface area contributed by atoms with E-state index in [9.17, 15) is 9.59 Å². The van der Waals surface area contributed by atoms with Gasteiger partial charge < -0.3 is 10.1 Å². The molecule has 4 rings (SSSR count). The predicted molar refractivity (Wildman–Crippen MR) is 125 cm³/mol. The summed E-state index contributed by atoms with van der Waals surface area (Å²) in [5.41, 5.74) is 2.94. The summed E-state index contributed by atoms with van der Waals surface area (Å²) < 4.78 is 5.77. The van der Waals surface area contributed by atoms with Gasteiger partial charge in [-0.3, -0.25) is 9.59 Å². The largest absolute Gasteiger partial charge is 0.461 e. The Balaban J connectivity index is 1.64. The number of Topliss-reactive ketones (excluding diaryl/α,β-unsaturated/α-hetero) is 1. The van der Waals surface area contributed by atoms with E-state index in [1.165, 1.54) is 0 Å². The maximum atomic E-state index is 13.5. The van der Waals surface area contributed by atoms with Crippen LogP contribution in [0, 0.1) is 5.92 Å². The first-order valence-corrected chi connectivity index (χ1v) is 11.3. The molecule has 0 amide bonds. The minimum Gasteiger partial charge on any atom is -0.461 e. The van der Waals surface area contributed by atoms with E-state index < -0.39 is 5.92 Å². The monoisotopic (exact) mass is 427 g/mol. The van der Waals surface area contributed by atoms with Crippen molar-refractivity contribution in [3.05, 3.63) is 108 Å². The number of hydrogen-bond acceptors (Lipinski definition) is 4. The van der Waals surface area contributed by atoms with E-state index in [2.05, 4.69) is 5.32 Å². The van der Waals surface area contributed by atoms with Gasteiger partial charge in [0.05, 0.1) is 12.0 Å². The quantitative estimate of drug-likeness (QED) is 0.494. The van der Waals surface area contributed by atoms with Crippen molar-refractivity contribution in [3.63, 3.8) is 0 Å². The van der Waals surface area contributed by atoms with Crippen molar-refractivity contribution >= 4 is 11.8 Å². The maximum absolute atomic E-state index is 13.5. The number of hydrogen-bond donors (Lipinski definition) is 1. The lowest BCUT2D eigenvalue weighted by Gasteiger charge is -2.27. The van der Waals surface area contributed by atoms with Gasteiger partial charge in [-0.05, 0) is 36.1 Å². The highest BCUT2D eigenvalue weighted by Crippen LogP contribution is 2.36. The number of nitrogens with one attached hydrogen (secondary N) is 1. The smallest absolute Gasteiger partial charge is 0.310 e. The molecule has 1 N–H and O–H groups in total. The van der Waals surface area contributed by atoms with E-state index in [0.29, 0.717) is 0 Å². The van der Waals surface area contributed by atoms with E-state index in [1.54, 1.807) is 0 Å². The SMILES string of the molecule is O=C(C[C@H](C(=O)OCc1ccccc1)C(c1ccccc1)c1ccccc1)[C@@H]1CCCN1. The number of carbonyl (C=O) groups is 2. The number of rotatable bonds is 9. The second-order valence-electron chi connectivity index (χ2n) is 8.32. The Morgan fingerprint density at radius 1 is 0.844 bits per heavy atom. The van der Waals surface area contributed by atoms with Crippen molar-refractivity contribution in [2.45, 2.75) is 37.8 Å². The van der Waals surface area contributed by atoms with E-state index in [1.807, 2.05) is 91.0 Å². The Morgan fingerprint density at radius 2 is 1.41 bits per heavy atom. The molecule has 3 aromatic carbocycles. The first-order chi connectivity index (χ1) is 15.7. The third-order valence-electron chi connectivity index (χ3n) is 6.12. The lowest BCUT2D eigenvalue weighted by molar-refractivity contribution is -0.152. The van der Waals surface area contributed by atoms with Gasteiger partial charge in [-0.2, -0.15) is 0 Å². The fraction of sp³-hybridized carbons (Fsp3) is 0.286. The Hall–Kier alpha value is -3.24. The highest BCUT2D eigenvalue weighted by Gasteiger charge is 2.36. The Labute approximate surface area is 189 Å². The highest BCUT2D eigenvalue weighted by molar-refractivity contribution is 5.89. The van der Waals surface area contributed by atoms with Crippen LogP contribution in [0.3, 0.4) is 0 Å². The molecule has 1 aliphatic heterocycles. The second kappa shape index (κ2) is 10.9. The standard InChI is InChI=1S/C28H29NO3/c30-26(25-17-10-18-29-25)19-24(28(31)32-20-21-11-4-1-5-12-21)27(22-13-6-2-7-14-22)23-15-8-3-9-16-23/h1-9,11-16,24-25,27,29H,10,17-20H2/t24-,25-/m0/s1. The summed E-state index contributed by atoms with van der Waals surface area (Å²) in [6.07, 6.45) is 1.96. The Bertz CT molecular complexity index is 959. The van der Waals surface area contributed by atoms with Crippen LogP contribution in [0.2, 0.25) is 0 Å². The van der Waals surface area contributed by atoms with Crippen molar-refractivity contribution < 1.29 is 14.3 Å². The number of esters is 1. The predicted octanol–water partition coefficient (Wildman–Crippen LogP) is 4.89. The Morgan fingerprint density at radius 3 is 1.94 bits per heavy atom. The van der Waals surface area contributed by atoms with Gasteiger partial charge in [-0.1, -0.05) is 91.0 Å². The molecule has 4 nitrogen and oxygen atoms in total. The van der Waals surface area contributed by atoms with Gasteiger partial charge in [0.1, 0.15) is 6.61 Å². The summed E-state index contributed by atoms with van der Waals surface area (Å²) >= 11 is 0. The zero-order valence-electron chi connectivity index (χ0n) is 18.2. The van der Waals surface area contributed by atoms with Gasteiger partial charge >= 0.3 is 5.97 Å². The van der Waals surface area contributed by atoms with Crippen molar-refractivity contribution in [3.8, 4) is 0 Å². The summed E-state index contributed by atoms with van der Waals surface area (Å²) in [6, 6.07) is 29.4. The lowest BCUT2D eigenvalue weighted by atomic mass is 9.77. The average molecular weight is 428 g/mol. The van der Waals surface area contributed by atoms with Gasteiger partial charge in [-0.25, -0.2) is 0 Å². The minimum atomic E-state index is -0.599. The average Bonchev–Trinajstić information content (AvgIpc) is 3.39. The van der Waals surface area contributed by atoms with E-state index in [-0.39, 0.29) is 36.7 Å². The van der Waals surface area contributed by atoms with Crippen LogP contribution in [0.5, 0.6) is 0 Å². The van der Waals surface area contributed by atoms with Crippen LogP contribution < -0.4 is 5.32 Å². The summed E-state index contributed by atoms with van der Waals surface area (Å²) in [7, 11) is 0. The topological polar surface area (TPSA) is 55.4 Å². The third kappa shape index (κ3) is 5.51.